The number of carbonyl (C=O) groups is 2. The smallest absolute Gasteiger partial charge is 0.286 e. The van der Waals surface area contributed by atoms with Crippen molar-refractivity contribution < 1.29 is 9.59 Å². The second-order valence-corrected chi connectivity index (χ2v) is 6.65. The van der Waals surface area contributed by atoms with Gasteiger partial charge in [0.1, 0.15) is 0 Å². The van der Waals surface area contributed by atoms with Crippen molar-refractivity contribution in [1.82, 2.24) is 4.57 Å². The van der Waals surface area contributed by atoms with Crippen molar-refractivity contribution in [1.29, 1.82) is 0 Å². The topological polar surface area (TPSA) is 67.0 Å². The van der Waals surface area contributed by atoms with Gasteiger partial charge in [0.25, 0.3) is 5.91 Å². The minimum absolute atomic E-state index is 0.184. The van der Waals surface area contributed by atoms with E-state index in [0.717, 1.165) is 15.1 Å². The van der Waals surface area contributed by atoms with E-state index in [0.29, 0.717) is 16.1 Å². The van der Waals surface area contributed by atoms with E-state index in [1.807, 2.05) is 41.9 Å². The van der Waals surface area contributed by atoms with Crippen LogP contribution >= 0.6 is 11.3 Å². The Hall–Kier alpha value is -3.06. The SMILES string of the molecule is CC(=O)N1C(=O)C(=NN=c2sc3ccccc3n2C)c2ccccc21. The average molecular weight is 350 g/mol. The van der Waals surface area contributed by atoms with Crippen molar-refractivity contribution in [2.75, 3.05) is 4.90 Å². The van der Waals surface area contributed by atoms with E-state index in [2.05, 4.69) is 10.2 Å². The number of nitrogens with zero attached hydrogens (tertiary/aromatic N) is 4. The molecule has 1 aromatic heterocycles. The maximum absolute atomic E-state index is 12.6. The number of aryl methyl sites for hydroxylation is 1. The van der Waals surface area contributed by atoms with Gasteiger partial charge in [0.15, 0.2) is 5.71 Å². The molecule has 0 spiro atoms. The summed E-state index contributed by atoms with van der Waals surface area (Å²) in [7, 11) is 1.91. The number of amides is 2. The summed E-state index contributed by atoms with van der Waals surface area (Å²) >= 11 is 1.49. The van der Waals surface area contributed by atoms with Crippen molar-refractivity contribution in [2.45, 2.75) is 6.92 Å². The molecular weight excluding hydrogens is 336 g/mol. The molecule has 0 aliphatic carbocycles. The summed E-state index contributed by atoms with van der Waals surface area (Å²) in [5.41, 5.74) is 2.41. The van der Waals surface area contributed by atoms with Gasteiger partial charge in [-0.1, -0.05) is 41.7 Å². The highest BCUT2D eigenvalue weighted by molar-refractivity contribution is 7.16. The van der Waals surface area contributed by atoms with Crippen molar-refractivity contribution >= 4 is 44.8 Å². The fourth-order valence-corrected chi connectivity index (χ4v) is 3.85. The van der Waals surface area contributed by atoms with Crippen molar-refractivity contribution in [3.63, 3.8) is 0 Å². The first-order valence-electron chi connectivity index (χ1n) is 7.68. The fraction of sp³-hybridized carbons (Fsp3) is 0.111. The minimum atomic E-state index is -0.443. The molecule has 4 rings (SSSR count). The van der Waals surface area contributed by atoms with E-state index in [4.69, 9.17) is 0 Å². The van der Waals surface area contributed by atoms with Crippen molar-refractivity contribution in [2.24, 2.45) is 17.3 Å². The molecule has 0 atom stereocenters. The summed E-state index contributed by atoms with van der Waals surface area (Å²) in [6, 6.07) is 15.1. The number of imide groups is 1. The predicted molar refractivity (Wildman–Crippen MR) is 97.5 cm³/mol. The van der Waals surface area contributed by atoms with Gasteiger partial charge in [0.05, 0.1) is 15.9 Å². The van der Waals surface area contributed by atoms with Crippen LogP contribution in [0.5, 0.6) is 0 Å². The first-order valence-corrected chi connectivity index (χ1v) is 8.50. The van der Waals surface area contributed by atoms with Crippen LogP contribution < -0.4 is 9.70 Å². The molecule has 2 heterocycles. The van der Waals surface area contributed by atoms with E-state index >= 15 is 0 Å². The number of benzene rings is 2. The van der Waals surface area contributed by atoms with Crippen LogP contribution in [0.2, 0.25) is 0 Å². The van der Waals surface area contributed by atoms with Crippen LogP contribution in [0.25, 0.3) is 10.2 Å². The zero-order chi connectivity index (χ0) is 17.6. The molecule has 25 heavy (non-hydrogen) atoms. The number of hydrogen-bond donors (Lipinski definition) is 0. The van der Waals surface area contributed by atoms with E-state index in [1.54, 1.807) is 18.2 Å². The van der Waals surface area contributed by atoms with E-state index in [9.17, 15) is 9.59 Å². The van der Waals surface area contributed by atoms with Crippen LogP contribution in [0.3, 0.4) is 0 Å². The van der Waals surface area contributed by atoms with Gasteiger partial charge < -0.3 is 4.57 Å². The molecule has 0 fully saturated rings. The largest absolute Gasteiger partial charge is 0.318 e. The third kappa shape index (κ3) is 2.40. The number of para-hydroxylation sites is 2. The summed E-state index contributed by atoms with van der Waals surface area (Å²) in [4.78, 5) is 26.2. The molecule has 0 saturated heterocycles. The van der Waals surface area contributed by atoms with Gasteiger partial charge in [-0.3, -0.25) is 9.59 Å². The molecule has 1 aliphatic heterocycles. The second-order valence-electron chi connectivity index (χ2n) is 5.64. The van der Waals surface area contributed by atoms with E-state index in [-0.39, 0.29) is 11.6 Å². The lowest BCUT2D eigenvalue weighted by molar-refractivity contribution is -0.121. The highest BCUT2D eigenvalue weighted by Gasteiger charge is 2.36. The van der Waals surface area contributed by atoms with Crippen molar-refractivity contribution in [3.05, 3.63) is 58.9 Å². The normalized spacial score (nSPS) is 16.1. The van der Waals surface area contributed by atoms with Gasteiger partial charge in [-0.05, 0) is 18.2 Å². The number of hydrogen-bond acceptors (Lipinski definition) is 5. The third-order valence-corrected chi connectivity index (χ3v) is 5.17. The van der Waals surface area contributed by atoms with Crippen LogP contribution in [0, 0.1) is 0 Å². The Kier molecular flexibility index (Phi) is 3.58. The Morgan fingerprint density at radius 1 is 1.04 bits per heavy atom. The van der Waals surface area contributed by atoms with Gasteiger partial charge in [0.2, 0.25) is 10.7 Å². The van der Waals surface area contributed by atoms with E-state index in [1.165, 1.54) is 18.3 Å². The zero-order valence-electron chi connectivity index (χ0n) is 13.6. The Bertz CT molecular complexity index is 1120. The number of carbonyl (C=O) groups excluding carboxylic acids is 2. The van der Waals surface area contributed by atoms with Crippen LogP contribution in [0.15, 0.2) is 58.7 Å². The van der Waals surface area contributed by atoms with Gasteiger partial charge in [-0.15, -0.1) is 10.2 Å². The number of anilines is 1. The molecule has 2 aromatic carbocycles. The summed E-state index contributed by atoms with van der Waals surface area (Å²) in [5, 5.41) is 8.47. The van der Waals surface area contributed by atoms with Gasteiger partial charge in [-0.2, -0.15) is 0 Å². The van der Waals surface area contributed by atoms with E-state index < -0.39 is 5.91 Å². The molecular formula is C18H14N4O2S. The first-order chi connectivity index (χ1) is 12.1. The molecule has 124 valence electrons. The zero-order valence-corrected chi connectivity index (χ0v) is 14.4. The lowest BCUT2D eigenvalue weighted by Gasteiger charge is -2.10. The van der Waals surface area contributed by atoms with Crippen LogP contribution in [-0.4, -0.2) is 22.1 Å². The Morgan fingerprint density at radius 2 is 1.76 bits per heavy atom. The maximum atomic E-state index is 12.6. The monoisotopic (exact) mass is 350 g/mol. The molecule has 2 amide bonds. The van der Waals surface area contributed by atoms with Crippen molar-refractivity contribution in [3.8, 4) is 0 Å². The van der Waals surface area contributed by atoms with Crippen LogP contribution in [0.4, 0.5) is 5.69 Å². The molecule has 0 saturated carbocycles. The molecule has 0 unspecified atom stereocenters. The van der Waals surface area contributed by atoms with Crippen LogP contribution in [-0.2, 0) is 16.6 Å². The predicted octanol–water partition coefficient (Wildman–Crippen LogP) is 2.44. The second kappa shape index (κ2) is 5.78. The molecule has 0 radical (unpaired) electrons. The summed E-state index contributed by atoms with van der Waals surface area (Å²) in [6.07, 6.45) is 0. The maximum Gasteiger partial charge on any atom is 0.286 e. The molecule has 7 heteroatoms. The minimum Gasteiger partial charge on any atom is -0.318 e. The number of aromatic nitrogens is 1. The number of fused-ring (bicyclic) bond motifs is 2. The molecule has 0 bridgehead atoms. The lowest BCUT2D eigenvalue weighted by Crippen LogP contribution is -2.34. The number of thiazole rings is 1. The molecule has 0 N–H and O–H groups in total. The summed E-state index contributed by atoms with van der Waals surface area (Å²) in [6.45, 7) is 1.36. The summed E-state index contributed by atoms with van der Waals surface area (Å²) in [5.74, 6) is -0.781. The quantitative estimate of drug-likeness (QED) is 0.633. The highest BCUT2D eigenvalue weighted by atomic mass is 32.1. The Labute approximate surface area is 147 Å². The number of rotatable bonds is 1. The van der Waals surface area contributed by atoms with Gasteiger partial charge in [0, 0.05) is 19.5 Å². The Morgan fingerprint density at radius 3 is 2.52 bits per heavy atom. The molecule has 6 nitrogen and oxygen atoms in total. The molecule has 3 aromatic rings. The van der Waals surface area contributed by atoms with Crippen LogP contribution in [0.1, 0.15) is 12.5 Å². The first kappa shape index (κ1) is 15.5. The average Bonchev–Trinajstić information content (AvgIpc) is 3.07. The Balaban J connectivity index is 1.87. The highest BCUT2D eigenvalue weighted by Crippen LogP contribution is 2.29. The summed E-state index contributed by atoms with van der Waals surface area (Å²) < 4.78 is 3.02. The van der Waals surface area contributed by atoms with Gasteiger partial charge >= 0.3 is 0 Å². The third-order valence-electron chi connectivity index (χ3n) is 4.07. The molecule has 1 aliphatic rings. The van der Waals surface area contributed by atoms with Gasteiger partial charge in [-0.25, -0.2) is 4.90 Å². The lowest BCUT2D eigenvalue weighted by atomic mass is 10.1. The fourth-order valence-electron chi connectivity index (χ4n) is 2.88. The standard InChI is InChI=1S/C18H14N4O2S/c1-11(23)22-13-8-4-3-7-12(13)16(17(22)24)19-20-18-21(2)14-9-5-6-10-15(14)25-18/h3-10H,1-2H3.